The summed E-state index contributed by atoms with van der Waals surface area (Å²) in [6.07, 6.45) is 1.16. The molecule has 0 amide bonds. The van der Waals surface area contributed by atoms with E-state index in [9.17, 15) is 10.1 Å². The van der Waals surface area contributed by atoms with Gasteiger partial charge in [-0.05, 0) is 32.0 Å². The van der Waals surface area contributed by atoms with E-state index in [-0.39, 0.29) is 16.7 Å². The molecule has 1 atom stereocenters. The van der Waals surface area contributed by atoms with E-state index in [0.29, 0.717) is 11.3 Å². The first-order chi connectivity index (χ1) is 7.66. The van der Waals surface area contributed by atoms with Crippen LogP contribution in [0.25, 0.3) is 0 Å². The van der Waals surface area contributed by atoms with Gasteiger partial charge in [-0.2, -0.15) is 0 Å². The monoisotopic (exact) mass is 222 g/mol. The van der Waals surface area contributed by atoms with Gasteiger partial charge in [0.1, 0.15) is 11.9 Å². The molecule has 0 spiro atoms. The first-order valence-electron chi connectivity index (χ1n) is 5.29. The van der Waals surface area contributed by atoms with Gasteiger partial charge in [-0.15, -0.1) is 0 Å². The van der Waals surface area contributed by atoms with Crippen LogP contribution in [0, 0.1) is 17.0 Å². The highest BCUT2D eigenvalue weighted by Gasteiger charge is 2.17. The van der Waals surface area contributed by atoms with Gasteiger partial charge in [-0.1, -0.05) is 0 Å². The standard InChI is InChI=1S/C11H14N2O3/c1-8-6-9(2-3-11(8)13(14)15)16-10-4-5-12-7-10/h2-3,6,10,12H,4-5,7H2,1H3. The number of rotatable bonds is 3. The SMILES string of the molecule is Cc1cc(OC2CCNC2)ccc1[N+](=O)[O-]. The van der Waals surface area contributed by atoms with Crippen molar-refractivity contribution >= 4 is 5.69 Å². The largest absolute Gasteiger partial charge is 0.489 e. The number of nitrogens with one attached hydrogen (secondary N) is 1. The third-order valence-electron chi connectivity index (χ3n) is 2.68. The fourth-order valence-corrected chi connectivity index (χ4v) is 1.83. The van der Waals surface area contributed by atoms with E-state index in [2.05, 4.69) is 5.32 Å². The summed E-state index contributed by atoms with van der Waals surface area (Å²) >= 11 is 0. The van der Waals surface area contributed by atoms with Gasteiger partial charge in [0, 0.05) is 18.2 Å². The molecule has 0 aliphatic carbocycles. The Morgan fingerprint density at radius 3 is 2.94 bits per heavy atom. The fourth-order valence-electron chi connectivity index (χ4n) is 1.83. The zero-order chi connectivity index (χ0) is 11.5. The maximum absolute atomic E-state index is 10.6. The van der Waals surface area contributed by atoms with Gasteiger partial charge in [0.2, 0.25) is 0 Å². The van der Waals surface area contributed by atoms with Crippen LogP contribution in [0.2, 0.25) is 0 Å². The average Bonchev–Trinajstić information content (AvgIpc) is 2.70. The number of hydrogen-bond donors (Lipinski definition) is 1. The molecule has 1 heterocycles. The Labute approximate surface area is 93.6 Å². The Balaban J connectivity index is 2.11. The minimum Gasteiger partial charge on any atom is -0.489 e. The Kier molecular flexibility index (Phi) is 3.05. The van der Waals surface area contributed by atoms with Gasteiger partial charge in [0.25, 0.3) is 5.69 Å². The molecule has 0 saturated carbocycles. The van der Waals surface area contributed by atoms with Crippen LogP contribution in [0.5, 0.6) is 5.75 Å². The lowest BCUT2D eigenvalue weighted by molar-refractivity contribution is -0.385. The highest BCUT2D eigenvalue weighted by molar-refractivity contribution is 5.44. The van der Waals surface area contributed by atoms with Crippen molar-refractivity contribution in [1.82, 2.24) is 5.32 Å². The molecule has 16 heavy (non-hydrogen) atoms. The van der Waals surface area contributed by atoms with Crippen molar-refractivity contribution in [2.45, 2.75) is 19.4 Å². The molecular formula is C11H14N2O3. The smallest absolute Gasteiger partial charge is 0.272 e. The number of benzene rings is 1. The lowest BCUT2D eigenvalue weighted by Crippen LogP contribution is -2.19. The molecule has 5 nitrogen and oxygen atoms in total. The van der Waals surface area contributed by atoms with Crippen molar-refractivity contribution in [1.29, 1.82) is 0 Å². The van der Waals surface area contributed by atoms with Crippen molar-refractivity contribution in [3.05, 3.63) is 33.9 Å². The van der Waals surface area contributed by atoms with Crippen LogP contribution < -0.4 is 10.1 Å². The molecule has 1 aliphatic rings. The molecule has 1 fully saturated rings. The summed E-state index contributed by atoms with van der Waals surface area (Å²) in [4.78, 5) is 10.3. The highest BCUT2D eigenvalue weighted by Crippen LogP contribution is 2.24. The van der Waals surface area contributed by atoms with Gasteiger partial charge in [-0.25, -0.2) is 0 Å². The Morgan fingerprint density at radius 2 is 2.38 bits per heavy atom. The molecule has 1 N–H and O–H groups in total. The molecule has 5 heteroatoms. The maximum atomic E-state index is 10.6. The normalized spacial score (nSPS) is 19.7. The van der Waals surface area contributed by atoms with E-state index in [4.69, 9.17) is 4.74 Å². The number of nitrogens with zero attached hydrogens (tertiary/aromatic N) is 1. The third kappa shape index (κ3) is 2.30. The minimum atomic E-state index is -0.379. The van der Waals surface area contributed by atoms with Crippen molar-refractivity contribution in [2.24, 2.45) is 0 Å². The van der Waals surface area contributed by atoms with Crippen LogP contribution >= 0.6 is 0 Å². The second-order valence-electron chi connectivity index (χ2n) is 3.94. The minimum absolute atomic E-state index is 0.136. The molecule has 0 bridgehead atoms. The molecule has 1 aliphatic heterocycles. The van der Waals surface area contributed by atoms with E-state index in [1.54, 1.807) is 19.1 Å². The quantitative estimate of drug-likeness (QED) is 0.623. The lowest BCUT2D eigenvalue weighted by atomic mass is 10.2. The third-order valence-corrected chi connectivity index (χ3v) is 2.68. The van der Waals surface area contributed by atoms with E-state index in [1.807, 2.05) is 0 Å². The van der Waals surface area contributed by atoms with Crippen LogP contribution in [0.1, 0.15) is 12.0 Å². The zero-order valence-corrected chi connectivity index (χ0v) is 9.10. The predicted octanol–water partition coefficient (Wildman–Crippen LogP) is 1.64. The Morgan fingerprint density at radius 1 is 1.56 bits per heavy atom. The van der Waals surface area contributed by atoms with E-state index in [0.717, 1.165) is 19.5 Å². The molecule has 1 aromatic carbocycles. The molecule has 1 unspecified atom stereocenters. The van der Waals surface area contributed by atoms with Gasteiger partial charge < -0.3 is 10.1 Å². The maximum Gasteiger partial charge on any atom is 0.272 e. The number of nitro benzene ring substituents is 1. The first-order valence-corrected chi connectivity index (χ1v) is 5.29. The van der Waals surface area contributed by atoms with Gasteiger partial charge >= 0.3 is 0 Å². The van der Waals surface area contributed by atoms with E-state index >= 15 is 0 Å². The topological polar surface area (TPSA) is 64.4 Å². The molecule has 0 aromatic heterocycles. The van der Waals surface area contributed by atoms with Crippen molar-refractivity contribution in [2.75, 3.05) is 13.1 Å². The zero-order valence-electron chi connectivity index (χ0n) is 9.10. The van der Waals surface area contributed by atoms with Crippen LogP contribution in [0.4, 0.5) is 5.69 Å². The first kappa shape index (κ1) is 10.9. The summed E-state index contributed by atoms with van der Waals surface area (Å²) in [7, 11) is 0. The van der Waals surface area contributed by atoms with Crippen LogP contribution in [0.3, 0.4) is 0 Å². The van der Waals surface area contributed by atoms with Crippen LogP contribution in [0.15, 0.2) is 18.2 Å². The number of hydrogen-bond acceptors (Lipinski definition) is 4. The predicted molar refractivity (Wildman–Crippen MR) is 59.7 cm³/mol. The second kappa shape index (κ2) is 4.49. The number of ether oxygens (including phenoxy) is 1. The highest BCUT2D eigenvalue weighted by atomic mass is 16.6. The summed E-state index contributed by atoms with van der Waals surface area (Å²) < 4.78 is 5.71. The molecule has 1 saturated heterocycles. The van der Waals surface area contributed by atoms with Gasteiger partial charge in [0.05, 0.1) is 4.92 Å². The molecular weight excluding hydrogens is 208 g/mol. The Bertz CT molecular complexity index is 400. The summed E-state index contributed by atoms with van der Waals surface area (Å²) in [5.74, 6) is 0.705. The summed E-state index contributed by atoms with van der Waals surface area (Å²) in [5, 5.41) is 13.8. The van der Waals surface area contributed by atoms with Crippen LogP contribution in [-0.2, 0) is 0 Å². The van der Waals surface area contributed by atoms with E-state index in [1.165, 1.54) is 6.07 Å². The summed E-state index contributed by atoms with van der Waals surface area (Å²) in [6, 6.07) is 4.87. The average molecular weight is 222 g/mol. The van der Waals surface area contributed by atoms with Crippen molar-refractivity contribution in [3.8, 4) is 5.75 Å². The lowest BCUT2D eigenvalue weighted by Gasteiger charge is -2.12. The Hall–Kier alpha value is -1.62. The van der Waals surface area contributed by atoms with Gasteiger partial charge in [-0.3, -0.25) is 10.1 Å². The summed E-state index contributed by atoms with van der Waals surface area (Å²) in [5.41, 5.74) is 0.769. The molecule has 86 valence electrons. The van der Waals surface area contributed by atoms with Crippen molar-refractivity contribution < 1.29 is 9.66 Å². The summed E-state index contributed by atoms with van der Waals surface area (Å²) in [6.45, 7) is 3.53. The van der Waals surface area contributed by atoms with E-state index < -0.39 is 0 Å². The fraction of sp³-hybridized carbons (Fsp3) is 0.455. The van der Waals surface area contributed by atoms with Crippen molar-refractivity contribution in [3.63, 3.8) is 0 Å². The number of aryl methyl sites for hydroxylation is 1. The van der Waals surface area contributed by atoms with Gasteiger partial charge in [0.15, 0.2) is 0 Å². The number of nitro groups is 1. The van der Waals surface area contributed by atoms with Crippen LogP contribution in [-0.4, -0.2) is 24.1 Å². The molecule has 2 rings (SSSR count). The molecule has 0 radical (unpaired) electrons. The second-order valence-corrected chi connectivity index (χ2v) is 3.94. The molecule has 1 aromatic rings.